The summed E-state index contributed by atoms with van der Waals surface area (Å²) in [6.45, 7) is 3.09. The van der Waals surface area contributed by atoms with Crippen molar-refractivity contribution < 1.29 is 4.21 Å². The second kappa shape index (κ2) is 8.30. The fraction of sp³-hybridized carbons (Fsp3) is 0.625. The van der Waals surface area contributed by atoms with Crippen LogP contribution in [-0.2, 0) is 10.8 Å². The van der Waals surface area contributed by atoms with Gasteiger partial charge in [0.2, 0.25) is 0 Å². The van der Waals surface area contributed by atoms with Crippen molar-refractivity contribution in [2.45, 2.75) is 50.0 Å². The van der Waals surface area contributed by atoms with Crippen LogP contribution in [-0.4, -0.2) is 22.5 Å². The molecule has 0 saturated heterocycles. The Bertz CT molecular complexity index is 446. The zero-order chi connectivity index (χ0) is 14.4. The summed E-state index contributed by atoms with van der Waals surface area (Å²) in [7, 11) is -0.919. The van der Waals surface area contributed by atoms with Gasteiger partial charge in [0.1, 0.15) is 0 Å². The molecular formula is C16H24BrNOS. The first-order chi connectivity index (χ1) is 9.70. The molecule has 0 amide bonds. The highest BCUT2D eigenvalue weighted by Gasteiger charge is 2.25. The normalized spacial score (nSPS) is 19.7. The number of hydrogen-bond donors (Lipinski definition) is 1. The van der Waals surface area contributed by atoms with Gasteiger partial charge in [0.05, 0.1) is 10.8 Å². The Morgan fingerprint density at radius 2 is 2.10 bits per heavy atom. The average Bonchev–Trinajstić information content (AvgIpc) is 2.47. The van der Waals surface area contributed by atoms with Crippen molar-refractivity contribution >= 4 is 26.7 Å². The van der Waals surface area contributed by atoms with Gasteiger partial charge in [-0.25, -0.2) is 0 Å². The minimum Gasteiger partial charge on any atom is -0.313 e. The van der Waals surface area contributed by atoms with Gasteiger partial charge in [-0.2, -0.15) is 0 Å². The number of rotatable bonds is 6. The van der Waals surface area contributed by atoms with E-state index in [0.29, 0.717) is 12.0 Å². The Kier molecular flexibility index (Phi) is 6.72. The summed E-state index contributed by atoms with van der Waals surface area (Å²) in [6, 6.07) is 8.26. The lowest BCUT2D eigenvalue weighted by molar-refractivity contribution is 0.287. The molecule has 1 aromatic rings. The van der Waals surface area contributed by atoms with Crippen LogP contribution in [0.2, 0.25) is 0 Å². The van der Waals surface area contributed by atoms with Gasteiger partial charge in [-0.3, -0.25) is 4.21 Å². The Balaban J connectivity index is 2.01. The highest BCUT2D eigenvalue weighted by atomic mass is 79.9. The zero-order valence-electron chi connectivity index (χ0n) is 12.1. The molecule has 4 heteroatoms. The third-order valence-corrected chi connectivity index (χ3v) is 6.01. The van der Waals surface area contributed by atoms with Crippen LogP contribution >= 0.6 is 15.9 Å². The van der Waals surface area contributed by atoms with Crippen molar-refractivity contribution in [3.63, 3.8) is 0 Å². The monoisotopic (exact) mass is 357 g/mol. The number of hydrogen-bond acceptors (Lipinski definition) is 2. The van der Waals surface area contributed by atoms with Gasteiger partial charge in [-0.15, -0.1) is 0 Å². The molecule has 20 heavy (non-hydrogen) atoms. The lowest BCUT2D eigenvalue weighted by Crippen LogP contribution is -2.41. The summed E-state index contributed by atoms with van der Waals surface area (Å²) in [5, 5.41) is 3.56. The van der Waals surface area contributed by atoms with Gasteiger partial charge in [0.15, 0.2) is 0 Å². The topological polar surface area (TPSA) is 29.1 Å². The predicted molar refractivity (Wildman–Crippen MR) is 89.5 cm³/mol. The standard InChI is InChI=1S/C16H24BrNOS/c1-2-18-16(13-7-4-3-5-8-13)12-20(19)15-10-6-9-14(17)11-15/h6,9-11,13,16,18H,2-5,7-8,12H2,1H3. The minimum absolute atomic E-state index is 0.389. The molecule has 0 spiro atoms. The van der Waals surface area contributed by atoms with Crippen LogP contribution in [0.1, 0.15) is 39.0 Å². The molecule has 112 valence electrons. The third kappa shape index (κ3) is 4.68. The van der Waals surface area contributed by atoms with E-state index in [0.717, 1.165) is 21.7 Å². The van der Waals surface area contributed by atoms with Gasteiger partial charge in [-0.05, 0) is 43.5 Å². The van der Waals surface area contributed by atoms with Gasteiger partial charge >= 0.3 is 0 Å². The molecule has 0 bridgehead atoms. The summed E-state index contributed by atoms with van der Waals surface area (Å²) < 4.78 is 13.6. The van der Waals surface area contributed by atoms with Crippen molar-refractivity contribution in [1.29, 1.82) is 0 Å². The molecule has 0 radical (unpaired) electrons. The lowest BCUT2D eigenvalue weighted by Gasteiger charge is -2.30. The largest absolute Gasteiger partial charge is 0.313 e. The first-order valence-corrected chi connectivity index (χ1v) is 9.69. The van der Waals surface area contributed by atoms with E-state index >= 15 is 0 Å². The van der Waals surface area contributed by atoms with E-state index in [9.17, 15) is 4.21 Å². The van der Waals surface area contributed by atoms with E-state index in [-0.39, 0.29) is 0 Å². The molecule has 0 aliphatic heterocycles. The van der Waals surface area contributed by atoms with E-state index in [4.69, 9.17) is 0 Å². The molecule has 0 aromatic heterocycles. The Morgan fingerprint density at radius 1 is 1.35 bits per heavy atom. The SMILES string of the molecule is CCNC(CS(=O)c1cccc(Br)c1)C1CCCCC1. The highest BCUT2D eigenvalue weighted by molar-refractivity contribution is 9.10. The molecule has 2 nitrogen and oxygen atoms in total. The fourth-order valence-electron chi connectivity index (χ4n) is 3.03. The maximum absolute atomic E-state index is 12.6. The number of nitrogens with one attached hydrogen (secondary N) is 1. The minimum atomic E-state index is -0.919. The van der Waals surface area contributed by atoms with Crippen LogP contribution in [0.3, 0.4) is 0 Å². The first kappa shape index (κ1) is 16.2. The Labute approximate surface area is 133 Å². The van der Waals surface area contributed by atoms with Crippen molar-refractivity contribution in [3.8, 4) is 0 Å². The second-order valence-electron chi connectivity index (χ2n) is 5.53. The quantitative estimate of drug-likeness (QED) is 0.829. The van der Waals surface area contributed by atoms with Crippen LogP contribution in [0.5, 0.6) is 0 Å². The average molecular weight is 358 g/mol. The molecule has 0 heterocycles. The molecule has 2 unspecified atom stereocenters. The maximum Gasteiger partial charge on any atom is 0.0545 e. The summed E-state index contributed by atoms with van der Waals surface area (Å²) in [6.07, 6.45) is 6.59. The van der Waals surface area contributed by atoms with Gasteiger partial charge < -0.3 is 5.32 Å². The number of halogens is 1. The maximum atomic E-state index is 12.6. The Morgan fingerprint density at radius 3 is 2.75 bits per heavy atom. The van der Waals surface area contributed by atoms with Crippen LogP contribution in [0.25, 0.3) is 0 Å². The van der Waals surface area contributed by atoms with Crippen molar-refractivity contribution in [1.82, 2.24) is 5.32 Å². The molecule has 1 aliphatic rings. The van der Waals surface area contributed by atoms with Gasteiger partial charge in [0, 0.05) is 21.2 Å². The summed E-state index contributed by atoms with van der Waals surface area (Å²) in [5.41, 5.74) is 0. The van der Waals surface area contributed by atoms with Crippen LogP contribution in [0.15, 0.2) is 33.6 Å². The molecule has 1 N–H and O–H groups in total. The van der Waals surface area contributed by atoms with Crippen LogP contribution in [0, 0.1) is 5.92 Å². The molecular weight excluding hydrogens is 334 g/mol. The van der Waals surface area contributed by atoms with Gasteiger partial charge in [-0.1, -0.05) is 48.2 Å². The van der Waals surface area contributed by atoms with E-state index < -0.39 is 10.8 Å². The first-order valence-electron chi connectivity index (χ1n) is 7.58. The summed E-state index contributed by atoms with van der Waals surface area (Å²) >= 11 is 3.45. The Hall–Kier alpha value is -0.190. The lowest BCUT2D eigenvalue weighted by atomic mass is 9.84. The molecule has 1 aliphatic carbocycles. The van der Waals surface area contributed by atoms with Crippen molar-refractivity contribution in [2.24, 2.45) is 5.92 Å². The van der Waals surface area contributed by atoms with E-state index in [2.05, 4.69) is 28.2 Å². The van der Waals surface area contributed by atoms with Crippen LogP contribution in [0.4, 0.5) is 0 Å². The fourth-order valence-corrected chi connectivity index (χ4v) is 4.98. The molecule has 1 aromatic carbocycles. The zero-order valence-corrected chi connectivity index (χ0v) is 14.5. The molecule has 1 saturated carbocycles. The summed E-state index contributed by atoms with van der Waals surface area (Å²) in [5.74, 6) is 1.43. The van der Waals surface area contributed by atoms with E-state index in [1.54, 1.807) is 0 Å². The molecule has 2 rings (SSSR count). The van der Waals surface area contributed by atoms with Crippen molar-refractivity contribution in [2.75, 3.05) is 12.3 Å². The van der Waals surface area contributed by atoms with Gasteiger partial charge in [0.25, 0.3) is 0 Å². The summed E-state index contributed by atoms with van der Waals surface area (Å²) in [4.78, 5) is 0.929. The predicted octanol–water partition coefficient (Wildman–Crippen LogP) is 4.12. The van der Waals surface area contributed by atoms with E-state index in [1.165, 1.54) is 32.1 Å². The molecule has 2 atom stereocenters. The van der Waals surface area contributed by atoms with Crippen LogP contribution < -0.4 is 5.32 Å². The molecule has 1 fully saturated rings. The van der Waals surface area contributed by atoms with E-state index in [1.807, 2.05) is 24.3 Å². The smallest absolute Gasteiger partial charge is 0.0545 e. The highest BCUT2D eigenvalue weighted by Crippen LogP contribution is 2.27. The second-order valence-corrected chi connectivity index (χ2v) is 7.94. The van der Waals surface area contributed by atoms with Crippen molar-refractivity contribution in [3.05, 3.63) is 28.7 Å². The number of benzene rings is 1. The third-order valence-electron chi connectivity index (χ3n) is 4.08.